The van der Waals surface area contributed by atoms with Crippen LogP contribution >= 0.6 is 11.6 Å². The van der Waals surface area contributed by atoms with Crippen LogP contribution in [0.5, 0.6) is 5.75 Å². The van der Waals surface area contributed by atoms with Crippen molar-refractivity contribution >= 4 is 23.3 Å². The number of nitrogens with zero attached hydrogens (tertiary/aromatic N) is 1. The van der Waals surface area contributed by atoms with E-state index in [1.807, 2.05) is 44.2 Å². The molecule has 1 fully saturated rings. The molecule has 28 heavy (non-hydrogen) atoms. The lowest BCUT2D eigenvalue weighted by Crippen LogP contribution is -2.42. The Morgan fingerprint density at radius 2 is 1.82 bits per heavy atom. The summed E-state index contributed by atoms with van der Waals surface area (Å²) in [5.74, 6) is 0.638. The van der Waals surface area contributed by atoms with E-state index in [-0.39, 0.29) is 18.1 Å². The SMILES string of the molecule is CC(C)Oc1c(Cl)cccc1NC(=O)N1CCC(C(O)c2ccccc2)CC1. The number of aliphatic hydroxyl groups excluding tert-OH is 1. The summed E-state index contributed by atoms with van der Waals surface area (Å²) < 4.78 is 5.76. The molecule has 2 N–H and O–H groups in total. The fourth-order valence-corrected chi connectivity index (χ4v) is 3.72. The van der Waals surface area contributed by atoms with Crippen LogP contribution in [-0.4, -0.2) is 35.2 Å². The second-order valence-corrected chi connectivity index (χ2v) is 7.80. The highest BCUT2D eigenvalue weighted by atomic mass is 35.5. The van der Waals surface area contributed by atoms with Crippen molar-refractivity contribution in [3.05, 3.63) is 59.1 Å². The van der Waals surface area contributed by atoms with E-state index in [9.17, 15) is 9.90 Å². The van der Waals surface area contributed by atoms with Crippen LogP contribution in [0.2, 0.25) is 5.02 Å². The highest BCUT2D eigenvalue weighted by Gasteiger charge is 2.28. The number of halogens is 1. The van der Waals surface area contributed by atoms with Crippen molar-refractivity contribution in [2.24, 2.45) is 5.92 Å². The summed E-state index contributed by atoms with van der Waals surface area (Å²) in [5.41, 5.74) is 1.50. The van der Waals surface area contributed by atoms with Crippen LogP contribution in [0.3, 0.4) is 0 Å². The van der Waals surface area contributed by atoms with Gasteiger partial charge in [-0.15, -0.1) is 0 Å². The Kier molecular flexibility index (Phi) is 6.81. The van der Waals surface area contributed by atoms with E-state index in [1.54, 1.807) is 23.1 Å². The highest BCUT2D eigenvalue weighted by Crippen LogP contribution is 2.35. The molecular formula is C22H27ClN2O3. The van der Waals surface area contributed by atoms with E-state index in [2.05, 4.69) is 5.32 Å². The topological polar surface area (TPSA) is 61.8 Å². The minimum Gasteiger partial charge on any atom is -0.487 e. The number of para-hydroxylation sites is 1. The second-order valence-electron chi connectivity index (χ2n) is 7.39. The Morgan fingerprint density at radius 3 is 2.46 bits per heavy atom. The predicted molar refractivity (Wildman–Crippen MR) is 112 cm³/mol. The third kappa shape index (κ3) is 4.97. The molecule has 1 aliphatic rings. The maximum absolute atomic E-state index is 12.7. The first kappa shape index (κ1) is 20.5. The molecule has 2 amide bonds. The Morgan fingerprint density at radius 1 is 1.14 bits per heavy atom. The van der Waals surface area contributed by atoms with Crippen LogP contribution in [0, 0.1) is 5.92 Å². The van der Waals surface area contributed by atoms with Gasteiger partial charge in [-0.2, -0.15) is 0 Å². The normalized spacial score (nSPS) is 16.1. The van der Waals surface area contributed by atoms with Gasteiger partial charge in [0.15, 0.2) is 5.75 Å². The first-order chi connectivity index (χ1) is 13.5. The number of likely N-dealkylation sites (tertiary alicyclic amines) is 1. The van der Waals surface area contributed by atoms with Crippen molar-refractivity contribution in [2.75, 3.05) is 18.4 Å². The quantitative estimate of drug-likeness (QED) is 0.730. The van der Waals surface area contributed by atoms with Gasteiger partial charge in [0.25, 0.3) is 0 Å². The maximum atomic E-state index is 12.7. The lowest BCUT2D eigenvalue weighted by atomic mass is 9.87. The summed E-state index contributed by atoms with van der Waals surface area (Å²) in [7, 11) is 0. The number of piperidine rings is 1. The van der Waals surface area contributed by atoms with Gasteiger partial charge in [0.1, 0.15) is 0 Å². The number of hydrogen-bond acceptors (Lipinski definition) is 3. The van der Waals surface area contributed by atoms with Crippen molar-refractivity contribution in [3.8, 4) is 5.75 Å². The average Bonchev–Trinajstić information content (AvgIpc) is 2.70. The van der Waals surface area contributed by atoms with Gasteiger partial charge < -0.3 is 20.1 Å². The standard InChI is InChI=1S/C22H27ClN2O3/c1-15(2)28-21-18(23)9-6-10-19(21)24-22(27)25-13-11-17(12-14-25)20(26)16-7-4-3-5-8-16/h3-10,15,17,20,26H,11-14H2,1-2H3,(H,24,27). The van der Waals surface area contributed by atoms with E-state index in [0.29, 0.717) is 29.5 Å². The molecule has 0 radical (unpaired) electrons. The number of nitrogens with one attached hydrogen (secondary N) is 1. The number of amides is 2. The van der Waals surface area contributed by atoms with E-state index < -0.39 is 6.10 Å². The molecular weight excluding hydrogens is 376 g/mol. The number of rotatable bonds is 5. The Hall–Kier alpha value is -2.24. The minimum absolute atomic E-state index is 0.0502. The zero-order chi connectivity index (χ0) is 20.1. The molecule has 0 bridgehead atoms. The first-order valence-corrected chi connectivity index (χ1v) is 10.1. The molecule has 0 spiro atoms. The van der Waals surface area contributed by atoms with Gasteiger partial charge in [-0.3, -0.25) is 0 Å². The molecule has 2 aromatic rings. The number of hydrogen-bond donors (Lipinski definition) is 2. The molecule has 1 atom stereocenters. The summed E-state index contributed by atoms with van der Waals surface area (Å²) in [6, 6.07) is 14.8. The van der Waals surface area contributed by atoms with Crippen molar-refractivity contribution in [2.45, 2.75) is 38.9 Å². The van der Waals surface area contributed by atoms with Crippen molar-refractivity contribution in [1.29, 1.82) is 0 Å². The van der Waals surface area contributed by atoms with Crippen molar-refractivity contribution in [1.82, 2.24) is 4.90 Å². The molecule has 150 valence electrons. The molecule has 1 aliphatic heterocycles. The minimum atomic E-state index is -0.495. The van der Waals surface area contributed by atoms with Gasteiger partial charge in [0, 0.05) is 13.1 Å². The molecule has 1 saturated heterocycles. The highest BCUT2D eigenvalue weighted by molar-refractivity contribution is 6.32. The monoisotopic (exact) mass is 402 g/mol. The van der Waals surface area contributed by atoms with Crippen LogP contribution in [0.4, 0.5) is 10.5 Å². The molecule has 5 nitrogen and oxygen atoms in total. The number of carbonyl (C=O) groups excluding carboxylic acids is 1. The fourth-order valence-electron chi connectivity index (χ4n) is 3.50. The zero-order valence-corrected chi connectivity index (χ0v) is 17.0. The lowest BCUT2D eigenvalue weighted by Gasteiger charge is -2.34. The van der Waals surface area contributed by atoms with Crippen LogP contribution in [0.15, 0.2) is 48.5 Å². The predicted octanol–water partition coefficient (Wildman–Crippen LogP) is 5.10. The van der Waals surface area contributed by atoms with Crippen molar-refractivity contribution in [3.63, 3.8) is 0 Å². The largest absolute Gasteiger partial charge is 0.487 e. The summed E-state index contributed by atoms with van der Waals surface area (Å²) in [4.78, 5) is 14.5. The number of aliphatic hydroxyl groups is 1. The smallest absolute Gasteiger partial charge is 0.321 e. The summed E-state index contributed by atoms with van der Waals surface area (Å²) in [5, 5.41) is 14.0. The number of ether oxygens (including phenoxy) is 1. The van der Waals surface area contributed by atoms with E-state index in [0.717, 1.165) is 18.4 Å². The van der Waals surface area contributed by atoms with Gasteiger partial charge in [-0.1, -0.05) is 48.0 Å². The van der Waals surface area contributed by atoms with Crippen LogP contribution in [-0.2, 0) is 0 Å². The van der Waals surface area contributed by atoms with Crippen molar-refractivity contribution < 1.29 is 14.6 Å². The van der Waals surface area contributed by atoms with E-state index in [4.69, 9.17) is 16.3 Å². The molecule has 0 saturated carbocycles. The Balaban J connectivity index is 1.60. The maximum Gasteiger partial charge on any atom is 0.321 e. The van der Waals surface area contributed by atoms with Gasteiger partial charge >= 0.3 is 6.03 Å². The Labute approximate surface area is 171 Å². The lowest BCUT2D eigenvalue weighted by molar-refractivity contribution is 0.0683. The summed E-state index contributed by atoms with van der Waals surface area (Å²) in [6.07, 6.45) is 0.971. The third-order valence-electron chi connectivity index (χ3n) is 4.98. The van der Waals surface area contributed by atoms with Crippen LogP contribution in [0.25, 0.3) is 0 Å². The number of anilines is 1. The molecule has 0 aliphatic carbocycles. The summed E-state index contributed by atoms with van der Waals surface area (Å²) >= 11 is 6.24. The fraction of sp³-hybridized carbons (Fsp3) is 0.409. The summed E-state index contributed by atoms with van der Waals surface area (Å²) in [6.45, 7) is 5.03. The molecule has 3 rings (SSSR count). The zero-order valence-electron chi connectivity index (χ0n) is 16.3. The van der Waals surface area contributed by atoms with Gasteiger partial charge in [-0.05, 0) is 50.3 Å². The molecule has 1 unspecified atom stereocenters. The van der Waals surface area contributed by atoms with Gasteiger partial charge in [-0.25, -0.2) is 4.79 Å². The molecule has 0 aromatic heterocycles. The molecule has 1 heterocycles. The van der Waals surface area contributed by atoms with Crippen LogP contribution in [0.1, 0.15) is 38.4 Å². The van der Waals surface area contributed by atoms with Crippen LogP contribution < -0.4 is 10.1 Å². The van der Waals surface area contributed by atoms with E-state index >= 15 is 0 Å². The average molecular weight is 403 g/mol. The molecule has 6 heteroatoms. The van der Waals surface area contributed by atoms with E-state index in [1.165, 1.54) is 0 Å². The number of urea groups is 1. The first-order valence-electron chi connectivity index (χ1n) is 9.70. The number of carbonyl (C=O) groups is 1. The number of benzene rings is 2. The van der Waals surface area contributed by atoms with Gasteiger partial charge in [0.2, 0.25) is 0 Å². The third-order valence-corrected chi connectivity index (χ3v) is 5.27. The molecule has 2 aromatic carbocycles. The second kappa shape index (κ2) is 9.30. The van der Waals surface area contributed by atoms with Gasteiger partial charge in [0.05, 0.1) is 22.9 Å². The Bertz CT molecular complexity index is 790.